The molecule has 1 rings (SSSR count). The zero-order chi connectivity index (χ0) is 14.3. The number of aliphatic hydroxyl groups excluding tert-OH is 1. The van der Waals surface area contributed by atoms with Crippen molar-refractivity contribution in [3.05, 3.63) is 0 Å². The molecule has 1 heterocycles. The molecule has 1 fully saturated rings. The number of piperidine rings is 1. The monoisotopic (exact) mass is 272 g/mol. The highest BCUT2D eigenvalue weighted by molar-refractivity contribution is 5.67. The molecule has 1 aliphatic heterocycles. The van der Waals surface area contributed by atoms with E-state index in [1.54, 1.807) is 0 Å². The van der Waals surface area contributed by atoms with Crippen molar-refractivity contribution in [1.82, 2.24) is 10.2 Å². The van der Waals surface area contributed by atoms with E-state index in [1.807, 2.05) is 20.8 Å². The minimum Gasteiger partial charge on any atom is -0.444 e. The van der Waals surface area contributed by atoms with Gasteiger partial charge >= 0.3 is 6.09 Å². The zero-order valence-electron chi connectivity index (χ0n) is 12.4. The molecule has 19 heavy (non-hydrogen) atoms. The molecule has 112 valence electrons. The number of carbonyl (C=O) groups excluding carboxylic acids is 1. The zero-order valence-corrected chi connectivity index (χ0v) is 12.4. The summed E-state index contributed by atoms with van der Waals surface area (Å²) in [5, 5.41) is 11.7. The summed E-state index contributed by atoms with van der Waals surface area (Å²) in [5.41, 5.74) is -0.431. The number of amides is 1. The second-order valence-electron chi connectivity index (χ2n) is 6.23. The van der Waals surface area contributed by atoms with Gasteiger partial charge in [0.1, 0.15) is 5.60 Å². The molecule has 1 aliphatic rings. The quantitative estimate of drug-likeness (QED) is 0.798. The third kappa shape index (κ3) is 7.38. The third-order valence-corrected chi connectivity index (χ3v) is 3.34. The predicted molar refractivity (Wildman–Crippen MR) is 75.1 cm³/mol. The first-order valence-electron chi connectivity index (χ1n) is 7.21. The highest BCUT2D eigenvalue weighted by atomic mass is 16.6. The van der Waals surface area contributed by atoms with Gasteiger partial charge in [0.2, 0.25) is 0 Å². The molecule has 0 saturated carbocycles. The van der Waals surface area contributed by atoms with Gasteiger partial charge in [-0.05, 0) is 59.0 Å². The van der Waals surface area contributed by atoms with Gasteiger partial charge in [0.05, 0.1) is 6.61 Å². The van der Waals surface area contributed by atoms with Crippen LogP contribution >= 0.6 is 0 Å². The molecule has 1 amide bonds. The first-order valence-corrected chi connectivity index (χ1v) is 7.21. The summed E-state index contributed by atoms with van der Waals surface area (Å²) in [6.45, 7) is 9.40. The van der Waals surface area contributed by atoms with Gasteiger partial charge in [0.15, 0.2) is 0 Å². The molecule has 0 aromatic rings. The lowest BCUT2D eigenvalue weighted by Crippen LogP contribution is -2.37. The maximum absolute atomic E-state index is 11.5. The van der Waals surface area contributed by atoms with Gasteiger partial charge in [0.25, 0.3) is 0 Å². The topological polar surface area (TPSA) is 61.8 Å². The molecule has 1 saturated heterocycles. The van der Waals surface area contributed by atoms with Crippen molar-refractivity contribution < 1.29 is 14.6 Å². The van der Waals surface area contributed by atoms with E-state index in [4.69, 9.17) is 9.84 Å². The minimum atomic E-state index is -0.431. The molecule has 0 unspecified atom stereocenters. The SMILES string of the molecule is CC(C)(C)OC(=O)NCCC1CCN(CCO)CC1. The van der Waals surface area contributed by atoms with Gasteiger partial charge in [-0.15, -0.1) is 0 Å². The molecular weight excluding hydrogens is 244 g/mol. The second-order valence-corrected chi connectivity index (χ2v) is 6.23. The average molecular weight is 272 g/mol. The second kappa shape index (κ2) is 7.70. The summed E-state index contributed by atoms with van der Waals surface area (Å²) < 4.78 is 5.19. The van der Waals surface area contributed by atoms with E-state index in [0.29, 0.717) is 12.5 Å². The maximum atomic E-state index is 11.5. The number of hydrogen-bond donors (Lipinski definition) is 2. The standard InChI is InChI=1S/C14H28N2O3/c1-14(2,3)19-13(18)15-7-4-12-5-8-16(9-6-12)10-11-17/h12,17H,4-11H2,1-3H3,(H,15,18). The van der Waals surface area contributed by atoms with Gasteiger partial charge < -0.3 is 20.1 Å². The molecule has 2 N–H and O–H groups in total. The van der Waals surface area contributed by atoms with E-state index in [2.05, 4.69) is 10.2 Å². The number of ether oxygens (including phenoxy) is 1. The number of aliphatic hydroxyl groups is 1. The summed E-state index contributed by atoms with van der Waals surface area (Å²) in [6.07, 6.45) is 2.98. The van der Waals surface area contributed by atoms with Crippen LogP contribution in [0.15, 0.2) is 0 Å². The van der Waals surface area contributed by atoms with Crippen LogP contribution in [-0.4, -0.2) is 54.5 Å². The van der Waals surface area contributed by atoms with E-state index in [9.17, 15) is 4.79 Å². The highest BCUT2D eigenvalue weighted by Crippen LogP contribution is 2.19. The van der Waals surface area contributed by atoms with Crippen molar-refractivity contribution in [1.29, 1.82) is 0 Å². The first-order chi connectivity index (χ1) is 8.90. The molecule has 0 aromatic heterocycles. The minimum absolute atomic E-state index is 0.241. The fourth-order valence-electron chi connectivity index (χ4n) is 2.33. The van der Waals surface area contributed by atoms with Crippen molar-refractivity contribution >= 4 is 6.09 Å². The van der Waals surface area contributed by atoms with Gasteiger partial charge in [-0.25, -0.2) is 4.79 Å². The Morgan fingerprint density at radius 1 is 1.37 bits per heavy atom. The Morgan fingerprint density at radius 2 is 2.00 bits per heavy atom. The molecular formula is C14H28N2O3. The van der Waals surface area contributed by atoms with Crippen molar-refractivity contribution in [2.24, 2.45) is 5.92 Å². The molecule has 5 heteroatoms. The van der Waals surface area contributed by atoms with Crippen molar-refractivity contribution in [2.75, 3.05) is 32.8 Å². The van der Waals surface area contributed by atoms with Gasteiger partial charge in [0, 0.05) is 13.1 Å². The summed E-state index contributed by atoms with van der Waals surface area (Å²) in [5.74, 6) is 0.671. The fourth-order valence-corrected chi connectivity index (χ4v) is 2.33. The van der Waals surface area contributed by atoms with Crippen LogP contribution in [0.25, 0.3) is 0 Å². The van der Waals surface area contributed by atoms with E-state index in [0.717, 1.165) is 38.9 Å². The molecule has 5 nitrogen and oxygen atoms in total. The molecule has 0 aliphatic carbocycles. The van der Waals surface area contributed by atoms with Crippen LogP contribution < -0.4 is 5.32 Å². The summed E-state index contributed by atoms with van der Waals surface area (Å²) in [4.78, 5) is 13.8. The van der Waals surface area contributed by atoms with Crippen LogP contribution in [0.3, 0.4) is 0 Å². The fraction of sp³-hybridized carbons (Fsp3) is 0.929. The van der Waals surface area contributed by atoms with Crippen LogP contribution in [0, 0.1) is 5.92 Å². The normalized spacial score (nSPS) is 18.3. The molecule has 0 radical (unpaired) electrons. The number of hydrogen-bond acceptors (Lipinski definition) is 4. The average Bonchev–Trinajstić information content (AvgIpc) is 2.29. The van der Waals surface area contributed by atoms with Crippen LogP contribution in [0.1, 0.15) is 40.0 Å². The van der Waals surface area contributed by atoms with Gasteiger partial charge in [-0.1, -0.05) is 0 Å². The lowest BCUT2D eigenvalue weighted by molar-refractivity contribution is 0.0522. The highest BCUT2D eigenvalue weighted by Gasteiger charge is 2.19. The molecule has 0 aromatic carbocycles. The van der Waals surface area contributed by atoms with Crippen molar-refractivity contribution in [3.63, 3.8) is 0 Å². The number of nitrogens with zero attached hydrogens (tertiary/aromatic N) is 1. The Hall–Kier alpha value is -0.810. The Morgan fingerprint density at radius 3 is 2.53 bits per heavy atom. The number of rotatable bonds is 5. The van der Waals surface area contributed by atoms with E-state index in [1.165, 1.54) is 0 Å². The van der Waals surface area contributed by atoms with Crippen LogP contribution in [-0.2, 0) is 4.74 Å². The summed E-state index contributed by atoms with van der Waals surface area (Å²) in [6, 6.07) is 0. The molecule has 0 atom stereocenters. The van der Waals surface area contributed by atoms with Crippen molar-refractivity contribution in [3.8, 4) is 0 Å². The van der Waals surface area contributed by atoms with Gasteiger partial charge in [-0.3, -0.25) is 0 Å². The van der Waals surface area contributed by atoms with E-state index < -0.39 is 5.60 Å². The maximum Gasteiger partial charge on any atom is 0.407 e. The summed E-state index contributed by atoms with van der Waals surface area (Å²) >= 11 is 0. The number of β-amino-alcohol motifs (C(OH)–C–C–N with tert-alkyl or cyclic N) is 1. The lowest BCUT2D eigenvalue weighted by Gasteiger charge is -2.31. The van der Waals surface area contributed by atoms with Crippen molar-refractivity contribution in [2.45, 2.75) is 45.6 Å². The Kier molecular flexibility index (Phi) is 6.58. The molecule has 0 bridgehead atoms. The van der Waals surface area contributed by atoms with E-state index >= 15 is 0 Å². The Balaban J connectivity index is 2.09. The lowest BCUT2D eigenvalue weighted by atomic mass is 9.93. The van der Waals surface area contributed by atoms with Crippen LogP contribution in [0.4, 0.5) is 4.79 Å². The van der Waals surface area contributed by atoms with Crippen LogP contribution in [0.5, 0.6) is 0 Å². The third-order valence-electron chi connectivity index (χ3n) is 3.34. The van der Waals surface area contributed by atoms with Crippen LogP contribution in [0.2, 0.25) is 0 Å². The van der Waals surface area contributed by atoms with E-state index in [-0.39, 0.29) is 12.7 Å². The molecule has 0 spiro atoms. The number of carbonyl (C=O) groups is 1. The Bertz CT molecular complexity index is 268. The smallest absolute Gasteiger partial charge is 0.407 e. The number of nitrogens with one attached hydrogen (secondary N) is 1. The summed E-state index contributed by atoms with van der Waals surface area (Å²) in [7, 11) is 0. The largest absolute Gasteiger partial charge is 0.444 e. The van der Waals surface area contributed by atoms with Gasteiger partial charge in [-0.2, -0.15) is 0 Å². The first kappa shape index (κ1) is 16.2. The number of likely N-dealkylation sites (tertiary alicyclic amines) is 1. The Labute approximate surface area is 116 Å². The predicted octanol–water partition coefficient (Wildman–Crippen LogP) is 1.61. The number of alkyl carbamates (subject to hydrolysis) is 1.